The highest BCUT2D eigenvalue weighted by Gasteiger charge is 2.25. The maximum atomic E-state index is 5.86. The van der Waals surface area contributed by atoms with Crippen LogP contribution in [-0.2, 0) is 0 Å². The average molecular weight is 351 g/mol. The lowest BCUT2D eigenvalue weighted by Crippen LogP contribution is -2.37. The second-order valence-corrected chi connectivity index (χ2v) is 7.39. The van der Waals surface area contributed by atoms with Gasteiger partial charge in [-0.1, -0.05) is 52.1 Å². The number of para-hydroxylation sites is 1. The van der Waals surface area contributed by atoms with Gasteiger partial charge >= 0.3 is 0 Å². The summed E-state index contributed by atoms with van der Waals surface area (Å²) in [6.45, 7) is 18.9. The van der Waals surface area contributed by atoms with E-state index in [1.165, 1.54) is 0 Å². The lowest BCUT2D eigenvalue weighted by Gasteiger charge is -2.30. The van der Waals surface area contributed by atoms with E-state index in [9.17, 15) is 0 Å². The third-order valence-electron chi connectivity index (χ3n) is 4.38. The van der Waals surface area contributed by atoms with Gasteiger partial charge in [-0.15, -0.1) is 0 Å². The fourth-order valence-corrected chi connectivity index (χ4v) is 2.24. The third-order valence-corrected chi connectivity index (χ3v) is 4.38. The minimum Gasteiger partial charge on any atom is -0.439 e. The van der Waals surface area contributed by atoms with Gasteiger partial charge in [-0.25, -0.2) is 4.99 Å². The van der Waals surface area contributed by atoms with Gasteiger partial charge in [0.1, 0.15) is 11.5 Å². The fraction of sp³-hybridized carbons (Fsp3) is 0.318. The van der Waals surface area contributed by atoms with Crippen molar-refractivity contribution in [1.29, 1.82) is 0 Å². The molecular weight excluding hydrogens is 322 g/mol. The van der Waals surface area contributed by atoms with E-state index in [2.05, 4.69) is 56.5 Å². The number of aliphatic imine (C=N–C) groups is 1. The van der Waals surface area contributed by atoms with Crippen molar-refractivity contribution in [3.05, 3.63) is 78.6 Å². The summed E-state index contributed by atoms with van der Waals surface area (Å²) in [6.07, 6.45) is 3.71. The molecule has 0 spiro atoms. The molecule has 0 unspecified atom stereocenters. The molecule has 0 fully saturated rings. The Bertz CT molecular complexity index is 764. The van der Waals surface area contributed by atoms with Crippen LogP contribution in [-0.4, -0.2) is 11.8 Å². The van der Waals surface area contributed by atoms with E-state index in [4.69, 9.17) is 4.74 Å². The molecule has 138 valence electrons. The highest BCUT2D eigenvalue weighted by atomic mass is 16.5. The van der Waals surface area contributed by atoms with Crippen LogP contribution in [0.15, 0.2) is 83.6 Å². The Hall–Kier alpha value is -2.75. The Morgan fingerprint density at radius 2 is 1.92 bits per heavy atom. The number of allylic oxidation sites excluding steroid dienone is 3. The van der Waals surface area contributed by atoms with Crippen LogP contribution in [0.25, 0.3) is 0 Å². The molecule has 26 heavy (non-hydrogen) atoms. The lowest BCUT2D eigenvalue weighted by atomic mass is 9.87. The van der Waals surface area contributed by atoms with Gasteiger partial charge in [-0.2, -0.15) is 0 Å². The molecule has 0 aromatic heterocycles. The van der Waals surface area contributed by atoms with Crippen molar-refractivity contribution in [3.63, 3.8) is 0 Å². The van der Waals surface area contributed by atoms with E-state index < -0.39 is 0 Å². The predicted octanol–water partition coefficient (Wildman–Crippen LogP) is 4.91. The molecule has 0 saturated carbocycles. The first kappa shape index (κ1) is 19.6. The van der Waals surface area contributed by atoms with Crippen LogP contribution < -0.4 is 15.4 Å². The van der Waals surface area contributed by atoms with Crippen LogP contribution in [0.5, 0.6) is 5.75 Å². The zero-order valence-corrected chi connectivity index (χ0v) is 16.4. The number of nitrogens with zero attached hydrogens (tertiary/aromatic N) is 1. The summed E-state index contributed by atoms with van der Waals surface area (Å²) < 4.78 is 5.86. The Kier molecular flexibility index (Phi) is 6.09. The Morgan fingerprint density at radius 1 is 1.27 bits per heavy atom. The zero-order chi connectivity index (χ0) is 19.3. The van der Waals surface area contributed by atoms with Crippen LogP contribution >= 0.6 is 0 Å². The third kappa shape index (κ3) is 4.88. The largest absolute Gasteiger partial charge is 0.439 e. The van der Waals surface area contributed by atoms with Gasteiger partial charge in [0, 0.05) is 23.5 Å². The van der Waals surface area contributed by atoms with Crippen molar-refractivity contribution in [2.45, 2.75) is 40.7 Å². The summed E-state index contributed by atoms with van der Waals surface area (Å²) in [7, 11) is 0. The van der Waals surface area contributed by atoms with Gasteiger partial charge < -0.3 is 15.4 Å². The maximum Gasteiger partial charge on any atom is 0.215 e. The molecule has 0 aliphatic carbocycles. The summed E-state index contributed by atoms with van der Waals surface area (Å²) in [6, 6.07) is 9.85. The van der Waals surface area contributed by atoms with Gasteiger partial charge in [-0.3, -0.25) is 0 Å². The number of hydrogen-bond donors (Lipinski definition) is 2. The first-order valence-corrected chi connectivity index (χ1v) is 8.82. The van der Waals surface area contributed by atoms with E-state index in [1.54, 1.807) is 0 Å². The van der Waals surface area contributed by atoms with Gasteiger partial charge in [0.2, 0.25) is 5.88 Å². The average Bonchev–Trinajstić information content (AvgIpc) is 2.95. The molecule has 1 aromatic carbocycles. The molecule has 1 atom stereocenters. The quantitative estimate of drug-likeness (QED) is 0.716. The van der Waals surface area contributed by atoms with Crippen molar-refractivity contribution in [2.24, 2.45) is 10.4 Å². The van der Waals surface area contributed by atoms with Crippen molar-refractivity contribution in [1.82, 2.24) is 10.6 Å². The van der Waals surface area contributed by atoms with E-state index in [1.807, 2.05) is 49.5 Å². The second kappa shape index (κ2) is 8.09. The molecule has 0 amide bonds. The summed E-state index contributed by atoms with van der Waals surface area (Å²) in [5, 5.41) is 6.60. The molecule has 4 heteroatoms. The minimum atomic E-state index is 0.120. The van der Waals surface area contributed by atoms with Crippen LogP contribution in [0.1, 0.15) is 34.6 Å². The summed E-state index contributed by atoms with van der Waals surface area (Å²) in [5.41, 5.74) is 3.28. The number of nitrogens with one attached hydrogen (secondary N) is 2. The Morgan fingerprint density at radius 3 is 2.50 bits per heavy atom. The molecule has 0 saturated heterocycles. The van der Waals surface area contributed by atoms with E-state index in [0.29, 0.717) is 5.88 Å². The molecule has 4 nitrogen and oxygen atoms in total. The van der Waals surface area contributed by atoms with Gasteiger partial charge in [0.25, 0.3) is 0 Å². The normalized spacial score (nSPS) is 17.6. The minimum absolute atomic E-state index is 0.120. The Labute approximate surface area is 157 Å². The first-order valence-electron chi connectivity index (χ1n) is 8.82. The van der Waals surface area contributed by atoms with Crippen molar-refractivity contribution < 1.29 is 4.74 Å². The molecule has 1 heterocycles. The fourth-order valence-electron chi connectivity index (χ4n) is 2.24. The molecule has 0 bridgehead atoms. The Balaban J connectivity index is 2.20. The second-order valence-electron chi connectivity index (χ2n) is 7.39. The predicted molar refractivity (Wildman–Crippen MR) is 110 cm³/mol. The summed E-state index contributed by atoms with van der Waals surface area (Å²) in [4.78, 5) is 4.67. The van der Waals surface area contributed by atoms with Crippen molar-refractivity contribution >= 4 is 5.71 Å². The van der Waals surface area contributed by atoms with Crippen LogP contribution in [0.4, 0.5) is 0 Å². The van der Waals surface area contributed by atoms with Crippen molar-refractivity contribution in [2.75, 3.05) is 0 Å². The lowest BCUT2D eigenvalue weighted by molar-refractivity contribution is 0.305. The SMILES string of the molecule is C=C(N[C@@H](C)C(C)(C)C)C1=CNC(=C)C1=N/C(=C\C)Oc1ccccc1. The molecule has 1 aromatic rings. The van der Waals surface area contributed by atoms with Gasteiger partial charge in [0.05, 0.1) is 5.70 Å². The number of hydrogen-bond acceptors (Lipinski definition) is 4. The van der Waals surface area contributed by atoms with E-state index in [-0.39, 0.29) is 11.5 Å². The summed E-state index contributed by atoms with van der Waals surface area (Å²) in [5.74, 6) is 1.25. The maximum absolute atomic E-state index is 5.86. The molecule has 1 aliphatic rings. The van der Waals surface area contributed by atoms with E-state index >= 15 is 0 Å². The zero-order valence-electron chi connectivity index (χ0n) is 16.4. The van der Waals surface area contributed by atoms with Gasteiger partial charge in [0.15, 0.2) is 0 Å². The highest BCUT2D eigenvalue weighted by molar-refractivity contribution is 6.16. The highest BCUT2D eigenvalue weighted by Crippen LogP contribution is 2.24. The molecule has 0 radical (unpaired) electrons. The van der Waals surface area contributed by atoms with Crippen LogP contribution in [0.3, 0.4) is 0 Å². The number of ether oxygens (including phenoxy) is 1. The van der Waals surface area contributed by atoms with Crippen LogP contribution in [0.2, 0.25) is 0 Å². The van der Waals surface area contributed by atoms with Crippen molar-refractivity contribution in [3.8, 4) is 5.75 Å². The van der Waals surface area contributed by atoms with Gasteiger partial charge in [-0.05, 0) is 37.5 Å². The molecule has 1 aliphatic heterocycles. The van der Waals surface area contributed by atoms with E-state index in [0.717, 1.165) is 28.4 Å². The topological polar surface area (TPSA) is 45.7 Å². The van der Waals surface area contributed by atoms with Crippen LogP contribution in [0, 0.1) is 5.41 Å². The number of rotatable bonds is 6. The smallest absolute Gasteiger partial charge is 0.215 e. The summed E-state index contributed by atoms with van der Waals surface area (Å²) >= 11 is 0. The first-order chi connectivity index (χ1) is 12.2. The number of benzene rings is 1. The molecule has 2 N–H and O–H groups in total. The molecular formula is C22H29N3O. The molecule has 2 rings (SSSR count). The monoisotopic (exact) mass is 351 g/mol. The standard InChI is InChI=1S/C22H29N3O/c1-8-20(26-18-12-10-9-11-13-18)25-21-16(3)23-14-19(21)15(2)24-17(4)22(5,6)7/h8-14,17,23-24H,2-3H2,1,4-7H3/b20-8+,25-21?/t17-/m0/s1.